The fourth-order valence-electron chi connectivity index (χ4n) is 3.53. The molecule has 0 radical (unpaired) electrons. The number of nitrogens with two attached hydrogens (primary N) is 2. The lowest BCUT2D eigenvalue weighted by molar-refractivity contribution is -0.139. The third-order valence-electron chi connectivity index (χ3n) is 5.17. The Hall–Kier alpha value is -3.88. The number of hydrogen-bond acceptors (Lipinski definition) is 7. The molecule has 2 heterocycles. The zero-order valence-corrected chi connectivity index (χ0v) is 18.3. The van der Waals surface area contributed by atoms with E-state index in [1.165, 1.54) is 0 Å². The molecule has 0 bridgehead atoms. The van der Waals surface area contributed by atoms with Gasteiger partial charge in [-0.2, -0.15) is 0 Å². The highest BCUT2D eigenvalue weighted by molar-refractivity contribution is 5.97. The van der Waals surface area contributed by atoms with Crippen LogP contribution in [0.1, 0.15) is 41.9 Å². The van der Waals surface area contributed by atoms with E-state index in [9.17, 15) is 14.7 Å². The van der Waals surface area contributed by atoms with Crippen LogP contribution in [-0.4, -0.2) is 33.0 Å². The highest BCUT2D eigenvalue weighted by atomic mass is 16.4. The van der Waals surface area contributed by atoms with Gasteiger partial charge in [-0.05, 0) is 49.1 Å². The lowest BCUT2D eigenvalue weighted by Gasteiger charge is -2.16. The summed E-state index contributed by atoms with van der Waals surface area (Å²) in [6, 6.07) is 7.54. The number of hydrogen-bond donors (Lipinski definition) is 5. The van der Waals surface area contributed by atoms with Crippen LogP contribution in [0.4, 0.5) is 17.2 Å². The minimum absolute atomic E-state index is 0.152. The van der Waals surface area contributed by atoms with Crippen molar-refractivity contribution in [2.75, 3.05) is 16.8 Å². The van der Waals surface area contributed by atoms with Gasteiger partial charge in [-0.1, -0.05) is 13.8 Å². The van der Waals surface area contributed by atoms with Crippen LogP contribution >= 0.6 is 0 Å². The van der Waals surface area contributed by atoms with Crippen molar-refractivity contribution < 1.29 is 14.7 Å². The zero-order chi connectivity index (χ0) is 23.4. The van der Waals surface area contributed by atoms with Gasteiger partial charge in [-0.25, -0.2) is 9.78 Å². The van der Waals surface area contributed by atoms with Crippen molar-refractivity contribution in [2.45, 2.75) is 39.8 Å². The summed E-state index contributed by atoms with van der Waals surface area (Å²) in [6.07, 6.45) is 2.01. The topological polar surface area (TPSA) is 156 Å². The van der Waals surface area contributed by atoms with Crippen LogP contribution in [0.5, 0.6) is 0 Å². The van der Waals surface area contributed by atoms with Gasteiger partial charge in [0.2, 0.25) is 0 Å². The average Bonchev–Trinajstić information content (AvgIpc) is 2.72. The van der Waals surface area contributed by atoms with Gasteiger partial charge in [0.25, 0.3) is 5.91 Å². The number of fused-ring (bicyclic) bond motifs is 1. The number of carboxylic acid groups (broad SMARTS) is 1. The second-order valence-electron chi connectivity index (χ2n) is 8.15. The molecule has 0 fully saturated rings. The van der Waals surface area contributed by atoms with Crippen LogP contribution < -0.4 is 22.1 Å². The maximum absolute atomic E-state index is 12.4. The Morgan fingerprint density at radius 2 is 1.84 bits per heavy atom. The van der Waals surface area contributed by atoms with Crippen molar-refractivity contribution in [1.29, 1.82) is 0 Å². The molecule has 1 amide bonds. The van der Waals surface area contributed by atoms with Gasteiger partial charge in [-0.3, -0.25) is 9.78 Å². The average molecular weight is 437 g/mol. The van der Waals surface area contributed by atoms with E-state index in [4.69, 9.17) is 11.5 Å². The zero-order valence-electron chi connectivity index (χ0n) is 18.3. The van der Waals surface area contributed by atoms with Gasteiger partial charge in [0.15, 0.2) is 0 Å². The van der Waals surface area contributed by atoms with Crippen molar-refractivity contribution in [1.82, 2.24) is 15.3 Å². The molecule has 2 aromatic heterocycles. The molecule has 0 spiro atoms. The van der Waals surface area contributed by atoms with Crippen LogP contribution in [0.25, 0.3) is 10.9 Å². The normalized spacial score (nSPS) is 12.0. The van der Waals surface area contributed by atoms with E-state index in [0.717, 1.165) is 22.3 Å². The maximum Gasteiger partial charge on any atom is 0.326 e. The number of nitrogen functional groups attached to an aromatic ring is 2. The summed E-state index contributed by atoms with van der Waals surface area (Å²) in [5.74, 6) is -0.954. The number of aryl methyl sites for hydroxylation is 1. The minimum Gasteiger partial charge on any atom is -0.480 e. The summed E-state index contributed by atoms with van der Waals surface area (Å²) in [6.45, 7) is 6.21. The highest BCUT2D eigenvalue weighted by Crippen LogP contribution is 2.26. The Morgan fingerprint density at radius 3 is 2.47 bits per heavy atom. The molecule has 168 valence electrons. The molecule has 0 unspecified atom stereocenters. The fraction of sp³-hybridized carbons (Fsp3) is 0.304. The fourth-order valence-corrected chi connectivity index (χ4v) is 3.53. The summed E-state index contributed by atoms with van der Waals surface area (Å²) < 4.78 is 0. The largest absolute Gasteiger partial charge is 0.480 e. The lowest BCUT2D eigenvalue weighted by Crippen LogP contribution is -2.41. The van der Waals surface area contributed by atoms with Crippen molar-refractivity contribution in [3.05, 3.63) is 53.3 Å². The molecule has 9 nitrogen and oxygen atoms in total. The molecule has 0 aliphatic carbocycles. The first-order valence-corrected chi connectivity index (χ1v) is 10.3. The van der Waals surface area contributed by atoms with E-state index in [1.54, 1.807) is 36.5 Å². The molecule has 0 aliphatic heterocycles. The number of carbonyl (C=O) groups excluding carboxylic acids is 1. The Balaban J connectivity index is 1.68. The first kappa shape index (κ1) is 22.8. The third kappa shape index (κ3) is 5.23. The van der Waals surface area contributed by atoms with Crippen molar-refractivity contribution in [3.8, 4) is 0 Å². The molecule has 32 heavy (non-hydrogen) atoms. The second-order valence-corrected chi connectivity index (χ2v) is 8.15. The number of aromatic nitrogens is 2. The molecule has 0 aliphatic rings. The minimum atomic E-state index is -1.04. The number of aliphatic carboxylic acids is 1. The number of carbonyl (C=O) groups is 2. The molecule has 0 saturated carbocycles. The molecule has 3 rings (SSSR count). The lowest BCUT2D eigenvalue weighted by atomic mass is 10.0. The van der Waals surface area contributed by atoms with Gasteiger partial charge in [-0.15, -0.1) is 0 Å². The molecule has 1 aromatic carbocycles. The quantitative estimate of drug-likeness (QED) is 0.361. The Bertz CT molecular complexity index is 1140. The van der Waals surface area contributed by atoms with E-state index in [2.05, 4.69) is 20.6 Å². The molecule has 0 saturated heterocycles. The summed E-state index contributed by atoms with van der Waals surface area (Å²) >= 11 is 0. The number of nitrogens with zero attached hydrogens (tertiary/aromatic N) is 2. The summed E-state index contributed by atoms with van der Waals surface area (Å²) in [5.41, 5.74) is 16.0. The second kappa shape index (κ2) is 9.51. The van der Waals surface area contributed by atoms with Crippen LogP contribution in [0.15, 0.2) is 36.5 Å². The molecule has 1 atom stereocenters. The summed E-state index contributed by atoms with van der Waals surface area (Å²) in [7, 11) is 0. The number of anilines is 3. The van der Waals surface area contributed by atoms with Crippen LogP contribution in [0, 0.1) is 12.8 Å². The Labute approximate surface area is 186 Å². The molecular weight excluding hydrogens is 408 g/mol. The molecule has 9 heteroatoms. The first-order chi connectivity index (χ1) is 15.2. The molecular formula is C23H28N6O3. The van der Waals surface area contributed by atoms with Gasteiger partial charge in [0.1, 0.15) is 11.9 Å². The van der Waals surface area contributed by atoms with Gasteiger partial charge < -0.3 is 27.2 Å². The highest BCUT2D eigenvalue weighted by Gasteiger charge is 2.21. The van der Waals surface area contributed by atoms with E-state index >= 15 is 0 Å². The van der Waals surface area contributed by atoms with Crippen LogP contribution in [-0.2, 0) is 11.3 Å². The number of pyridine rings is 2. The Kier molecular flexibility index (Phi) is 6.77. The SMILES string of the molecule is Cc1c(CNc2ccc(C(=O)N[C@@H](CC(C)C)C(=O)O)cc2)ncc2nc(N)cc(N)c12. The first-order valence-electron chi connectivity index (χ1n) is 10.3. The van der Waals surface area contributed by atoms with Crippen molar-refractivity contribution >= 4 is 40.0 Å². The predicted octanol–water partition coefficient (Wildman–Crippen LogP) is 2.94. The van der Waals surface area contributed by atoms with E-state index in [0.29, 0.717) is 35.6 Å². The smallest absolute Gasteiger partial charge is 0.326 e. The van der Waals surface area contributed by atoms with Crippen molar-refractivity contribution in [2.24, 2.45) is 5.92 Å². The number of amides is 1. The Morgan fingerprint density at radius 1 is 1.16 bits per heavy atom. The summed E-state index contributed by atoms with van der Waals surface area (Å²) in [5, 5.41) is 16.0. The van der Waals surface area contributed by atoms with Gasteiger partial charge in [0.05, 0.1) is 24.0 Å². The maximum atomic E-state index is 12.4. The predicted molar refractivity (Wildman–Crippen MR) is 125 cm³/mol. The van der Waals surface area contributed by atoms with E-state index in [-0.39, 0.29) is 5.92 Å². The monoisotopic (exact) mass is 436 g/mol. The van der Waals surface area contributed by atoms with Crippen molar-refractivity contribution in [3.63, 3.8) is 0 Å². The number of benzene rings is 1. The van der Waals surface area contributed by atoms with Gasteiger partial charge in [0, 0.05) is 28.4 Å². The van der Waals surface area contributed by atoms with Crippen LogP contribution in [0.2, 0.25) is 0 Å². The standard InChI is InChI=1S/C23H28N6O3/c1-12(2)8-17(23(31)32)29-22(30)14-4-6-15(7-5-14)26-10-18-13(3)21-16(24)9-20(25)28-19(21)11-27-18/h4-7,9,11-12,17,26H,8,10H2,1-3H3,(H,29,30)(H,31,32)(H4,24,25,28)/t17-/m0/s1. The molecule has 7 N–H and O–H groups in total. The molecule has 3 aromatic rings. The van der Waals surface area contributed by atoms with Gasteiger partial charge >= 0.3 is 5.97 Å². The summed E-state index contributed by atoms with van der Waals surface area (Å²) in [4.78, 5) is 32.5. The number of carboxylic acids is 1. The number of rotatable bonds is 8. The van der Waals surface area contributed by atoms with E-state index < -0.39 is 17.9 Å². The number of nitrogens with one attached hydrogen (secondary N) is 2. The van der Waals surface area contributed by atoms with E-state index in [1.807, 2.05) is 20.8 Å². The third-order valence-corrected chi connectivity index (χ3v) is 5.17. The van der Waals surface area contributed by atoms with Crippen LogP contribution in [0.3, 0.4) is 0 Å².